The van der Waals surface area contributed by atoms with E-state index in [0.29, 0.717) is 0 Å². The van der Waals surface area contributed by atoms with Gasteiger partial charge in [-0.15, -0.1) is 0 Å². The van der Waals surface area contributed by atoms with Crippen LogP contribution in [0.5, 0.6) is 0 Å². The summed E-state index contributed by atoms with van der Waals surface area (Å²) < 4.78 is 26.2. The van der Waals surface area contributed by atoms with Crippen LogP contribution >= 0.6 is 0 Å². The molecule has 0 spiro atoms. The summed E-state index contributed by atoms with van der Waals surface area (Å²) in [6, 6.07) is 3.93. The van der Waals surface area contributed by atoms with E-state index in [2.05, 4.69) is 10.0 Å². The Kier molecular flexibility index (Phi) is 5.27. The number of nitrogens with zero attached hydrogens (tertiary/aromatic N) is 1. The van der Waals surface area contributed by atoms with Crippen molar-refractivity contribution in [1.82, 2.24) is 9.03 Å². The topological polar surface area (TPSA) is 78.5 Å². The quantitative estimate of drug-likeness (QED) is 0.849. The third kappa shape index (κ3) is 4.29. The second-order valence-corrected chi connectivity index (χ2v) is 6.90. The molecule has 1 amide bonds. The summed E-state index contributed by atoms with van der Waals surface area (Å²) in [5.41, 5.74) is 3.74. The number of rotatable bonds is 5. The molecule has 0 unspecified atom stereocenters. The Bertz CT molecular complexity index is 586. The molecule has 0 saturated carbocycles. The zero-order valence-corrected chi connectivity index (χ0v) is 13.3. The predicted octanol–water partition coefficient (Wildman–Crippen LogP) is 0.946. The first-order chi connectivity index (χ1) is 9.13. The summed E-state index contributed by atoms with van der Waals surface area (Å²) in [6.45, 7) is 5.49. The van der Waals surface area contributed by atoms with Crippen molar-refractivity contribution in [3.8, 4) is 0 Å². The first-order valence-electron chi connectivity index (χ1n) is 6.18. The van der Waals surface area contributed by atoms with Gasteiger partial charge >= 0.3 is 0 Å². The van der Waals surface area contributed by atoms with Gasteiger partial charge in [0.25, 0.3) is 10.2 Å². The molecule has 0 saturated heterocycles. The van der Waals surface area contributed by atoms with Gasteiger partial charge in [-0.1, -0.05) is 17.7 Å². The lowest BCUT2D eigenvalue weighted by molar-refractivity contribution is -0.115. The molecule has 2 N–H and O–H groups in total. The SMILES string of the molecule is Cc1cc(C)c(NC(=O)CNS(=O)(=O)N(C)C)c(C)c1. The van der Waals surface area contributed by atoms with Gasteiger partial charge in [0.05, 0.1) is 6.54 Å². The molecule has 0 bridgehead atoms. The predicted molar refractivity (Wildman–Crippen MR) is 79.9 cm³/mol. The highest BCUT2D eigenvalue weighted by atomic mass is 32.2. The van der Waals surface area contributed by atoms with E-state index in [1.54, 1.807) is 0 Å². The van der Waals surface area contributed by atoms with Crippen molar-refractivity contribution < 1.29 is 13.2 Å². The number of aryl methyl sites for hydroxylation is 3. The number of benzene rings is 1. The highest BCUT2D eigenvalue weighted by molar-refractivity contribution is 7.87. The Balaban J connectivity index is 2.74. The maximum atomic E-state index is 11.8. The third-order valence-electron chi connectivity index (χ3n) is 2.84. The summed E-state index contributed by atoms with van der Waals surface area (Å²) in [5.74, 6) is -0.398. The van der Waals surface area contributed by atoms with Crippen molar-refractivity contribution in [3.63, 3.8) is 0 Å². The number of amides is 1. The molecule has 0 aliphatic carbocycles. The zero-order chi connectivity index (χ0) is 15.5. The fourth-order valence-electron chi connectivity index (χ4n) is 1.85. The summed E-state index contributed by atoms with van der Waals surface area (Å²) >= 11 is 0. The standard InChI is InChI=1S/C13H21N3O3S/c1-9-6-10(2)13(11(3)7-9)15-12(17)8-14-20(18,19)16(4)5/h6-7,14H,8H2,1-5H3,(H,15,17). The van der Waals surface area contributed by atoms with Gasteiger partial charge in [0.15, 0.2) is 0 Å². The van der Waals surface area contributed by atoms with Crippen LogP contribution in [0.2, 0.25) is 0 Å². The van der Waals surface area contributed by atoms with E-state index in [0.717, 1.165) is 26.7 Å². The average molecular weight is 299 g/mol. The molecule has 0 aromatic heterocycles. The lowest BCUT2D eigenvalue weighted by Gasteiger charge is -2.15. The van der Waals surface area contributed by atoms with Crippen LogP contribution in [-0.4, -0.2) is 39.3 Å². The summed E-state index contributed by atoms with van der Waals surface area (Å²) in [4.78, 5) is 11.8. The fourth-order valence-corrected chi connectivity index (χ4v) is 2.42. The molecule has 0 aliphatic rings. The minimum atomic E-state index is -3.59. The maximum Gasteiger partial charge on any atom is 0.279 e. The van der Waals surface area contributed by atoms with Crippen molar-refractivity contribution in [3.05, 3.63) is 28.8 Å². The molecule has 7 heteroatoms. The van der Waals surface area contributed by atoms with Gasteiger partial charge < -0.3 is 5.32 Å². The first-order valence-corrected chi connectivity index (χ1v) is 7.62. The molecule has 0 atom stereocenters. The van der Waals surface area contributed by atoms with E-state index in [9.17, 15) is 13.2 Å². The van der Waals surface area contributed by atoms with E-state index in [1.807, 2.05) is 32.9 Å². The molecule has 0 heterocycles. The van der Waals surface area contributed by atoms with Gasteiger partial charge in [-0.3, -0.25) is 4.79 Å². The van der Waals surface area contributed by atoms with Crippen LogP contribution in [0.1, 0.15) is 16.7 Å². The lowest BCUT2D eigenvalue weighted by atomic mass is 10.1. The smallest absolute Gasteiger partial charge is 0.279 e. The molecule has 0 aliphatic heterocycles. The van der Waals surface area contributed by atoms with Gasteiger partial charge in [-0.05, 0) is 31.9 Å². The van der Waals surface area contributed by atoms with Crippen LogP contribution in [0.3, 0.4) is 0 Å². The van der Waals surface area contributed by atoms with Crippen LogP contribution in [0.25, 0.3) is 0 Å². The van der Waals surface area contributed by atoms with Crippen LogP contribution in [0.4, 0.5) is 5.69 Å². The number of anilines is 1. The molecule has 0 radical (unpaired) electrons. The number of carbonyl (C=O) groups excluding carboxylic acids is 1. The molecule has 20 heavy (non-hydrogen) atoms. The largest absolute Gasteiger partial charge is 0.324 e. The highest BCUT2D eigenvalue weighted by Crippen LogP contribution is 2.21. The molecule has 112 valence electrons. The minimum Gasteiger partial charge on any atom is -0.324 e. The van der Waals surface area contributed by atoms with Crippen molar-refractivity contribution in [2.75, 3.05) is 26.0 Å². The van der Waals surface area contributed by atoms with Gasteiger partial charge in [0.1, 0.15) is 0 Å². The second-order valence-electron chi connectivity index (χ2n) is 4.93. The Morgan fingerprint density at radius 3 is 2.10 bits per heavy atom. The zero-order valence-electron chi connectivity index (χ0n) is 12.4. The van der Waals surface area contributed by atoms with E-state index < -0.39 is 16.1 Å². The molecular formula is C13H21N3O3S. The third-order valence-corrected chi connectivity index (χ3v) is 4.31. The monoisotopic (exact) mass is 299 g/mol. The molecule has 1 rings (SSSR count). The normalized spacial score (nSPS) is 11.7. The highest BCUT2D eigenvalue weighted by Gasteiger charge is 2.15. The van der Waals surface area contributed by atoms with Crippen LogP contribution in [0.15, 0.2) is 12.1 Å². The number of hydrogen-bond donors (Lipinski definition) is 2. The first kappa shape index (κ1) is 16.6. The van der Waals surface area contributed by atoms with Gasteiger partial charge in [0, 0.05) is 19.8 Å². The molecule has 1 aromatic carbocycles. The van der Waals surface area contributed by atoms with E-state index in [4.69, 9.17) is 0 Å². The van der Waals surface area contributed by atoms with E-state index in [1.165, 1.54) is 14.1 Å². The molecule has 6 nitrogen and oxygen atoms in total. The van der Waals surface area contributed by atoms with E-state index in [-0.39, 0.29) is 6.54 Å². The lowest BCUT2D eigenvalue weighted by Crippen LogP contribution is -2.40. The van der Waals surface area contributed by atoms with Crippen LogP contribution in [0, 0.1) is 20.8 Å². The molecule has 1 aromatic rings. The van der Waals surface area contributed by atoms with Crippen LogP contribution < -0.4 is 10.0 Å². The van der Waals surface area contributed by atoms with Crippen molar-refractivity contribution in [2.45, 2.75) is 20.8 Å². The van der Waals surface area contributed by atoms with E-state index >= 15 is 0 Å². The Hall–Kier alpha value is -1.44. The van der Waals surface area contributed by atoms with Crippen molar-refractivity contribution >= 4 is 21.8 Å². The second kappa shape index (κ2) is 6.34. The summed E-state index contributed by atoms with van der Waals surface area (Å²) in [6.07, 6.45) is 0. The van der Waals surface area contributed by atoms with Crippen LogP contribution in [-0.2, 0) is 15.0 Å². The van der Waals surface area contributed by atoms with Gasteiger partial charge in [0.2, 0.25) is 5.91 Å². The molecular weight excluding hydrogens is 278 g/mol. The van der Waals surface area contributed by atoms with Gasteiger partial charge in [-0.25, -0.2) is 0 Å². The van der Waals surface area contributed by atoms with Crippen molar-refractivity contribution in [2.24, 2.45) is 0 Å². The number of nitrogens with one attached hydrogen (secondary N) is 2. The summed E-state index contributed by atoms with van der Waals surface area (Å²) in [7, 11) is -0.795. The number of carbonyl (C=O) groups is 1. The Labute approximate surface area is 120 Å². The average Bonchev–Trinajstić information content (AvgIpc) is 2.31. The Morgan fingerprint density at radius 2 is 1.65 bits per heavy atom. The van der Waals surface area contributed by atoms with Crippen molar-refractivity contribution in [1.29, 1.82) is 0 Å². The maximum absolute atomic E-state index is 11.8. The fraction of sp³-hybridized carbons (Fsp3) is 0.462. The van der Waals surface area contributed by atoms with Gasteiger partial charge in [-0.2, -0.15) is 17.4 Å². The molecule has 0 fully saturated rings. The minimum absolute atomic E-state index is 0.298. The Morgan fingerprint density at radius 1 is 1.15 bits per heavy atom. The summed E-state index contributed by atoms with van der Waals surface area (Å²) in [5, 5.41) is 2.73. The number of hydrogen-bond acceptors (Lipinski definition) is 3.